The summed E-state index contributed by atoms with van der Waals surface area (Å²) in [6, 6.07) is 0.505. The Morgan fingerprint density at radius 1 is 1.17 bits per heavy atom. The Balaban J connectivity index is 1.29. The first-order chi connectivity index (χ1) is 11.3. The molecule has 6 heteroatoms. The number of hydrogen-bond donors (Lipinski definition) is 1. The maximum Gasteiger partial charge on any atom is 0.317 e. The largest absolute Gasteiger partial charge is 0.339 e. The van der Waals surface area contributed by atoms with E-state index in [4.69, 9.17) is 4.52 Å². The van der Waals surface area contributed by atoms with Gasteiger partial charge in [0.2, 0.25) is 5.89 Å². The molecule has 3 aliphatic rings. The van der Waals surface area contributed by atoms with Crippen molar-refractivity contribution in [2.45, 2.75) is 69.7 Å². The Morgan fingerprint density at radius 3 is 2.78 bits per heavy atom. The molecule has 1 N–H and O–H groups in total. The van der Waals surface area contributed by atoms with Crippen molar-refractivity contribution in [3.05, 3.63) is 11.7 Å². The van der Waals surface area contributed by atoms with Gasteiger partial charge in [0, 0.05) is 31.5 Å². The molecule has 23 heavy (non-hydrogen) atoms. The van der Waals surface area contributed by atoms with Gasteiger partial charge in [-0.2, -0.15) is 4.98 Å². The van der Waals surface area contributed by atoms with Crippen LogP contribution in [0.1, 0.15) is 69.0 Å². The maximum absolute atomic E-state index is 12.4. The van der Waals surface area contributed by atoms with E-state index in [-0.39, 0.29) is 6.03 Å². The summed E-state index contributed by atoms with van der Waals surface area (Å²) in [4.78, 5) is 18.9. The third-order valence-corrected chi connectivity index (χ3v) is 5.38. The highest BCUT2D eigenvalue weighted by Crippen LogP contribution is 2.38. The lowest BCUT2D eigenvalue weighted by atomic mass is 9.95. The second kappa shape index (κ2) is 6.49. The molecule has 1 aromatic rings. The number of rotatable bonds is 4. The van der Waals surface area contributed by atoms with Crippen LogP contribution in [0.25, 0.3) is 0 Å². The van der Waals surface area contributed by atoms with Gasteiger partial charge in [0.25, 0.3) is 0 Å². The normalized spacial score (nSPS) is 25.7. The van der Waals surface area contributed by atoms with Crippen molar-refractivity contribution < 1.29 is 9.32 Å². The topological polar surface area (TPSA) is 71.3 Å². The van der Waals surface area contributed by atoms with Crippen molar-refractivity contribution in [2.24, 2.45) is 5.92 Å². The molecule has 0 spiro atoms. The Kier molecular flexibility index (Phi) is 4.23. The molecule has 0 bridgehead atoms. The Labute approximate surface area is 137 Å². The number of hydrogen-bond acceptors (Lipinski definition) is 4. The first-order valence-corrected chi connectivity index (χ1v) is 9.16. The minimum absolute atomic E-state index is 0.116. The van der Waals surface area contributed by atoms with Crippen LogP contribution in [0.5, 0.6) is 0 Å². The Hall–Kier alpha value is -1.59. The molecule has 2 saturated carbocycles. The number of carbonyl (C=O) groups excluding carboxylic acids is 1. The van der Waals surface area contributed by atoms with Crippen LogP contribution in [-0.2, 0) is 6.42 Å². The number of likely N-dealkylation sites (tertiary alicyclic amines) is 1. The molecule has 1 aliphatic heterocycles. The van der Waals surface area contributed by atoms with Crippen LogP contribution < -0.4 is 5.32 Å². The van der Waals surface area contributed by atoms with E-state index in [0.29, 0.717) is 17.9 Å². The fourth-order valence-electron chi connectivity index (χ4n) is 3.86. The highest BCUT2D eigenvalue weighted by Gasteiger charge is 2.30. The van der Waals surface area contributed by atoms with E-state index in [9.17, 15) is 4.79 Å². The van der Waals surface area contributed by atoms with Gasteiger partial charge < -0.3 is 14.7 Å². The predicted octanol–water partition coefficient (Wildman–Crippen LogP) is 2.85. The third-order valence-electron chi connectivity index (χ3n) is 5.38. The first-order valence-electron chi connectivity index (χ1n) is 9.16. The molecule has 1 aromatic heterocycles. The van der Waals surface area contributed by atoms with Gasteiger partial charge in [-0.05, 0) is 44.4 Å². The van der Waals surface area contributed by atoms with E-state index in [1.807, 2.05) is 4.90 Å². The minimum Gasteiger partial charge on any atom is -0.339 e. The van der Waals surface area contributed by atoms with Crippen LogP contribution >= 0.6 is 0 Å². The molecule has 1 atom stereocenters. The minimum atomic E-state index is 0.116. The van der Waals surface area contributed by atoms with Crippen molar-refractivity contribution >= 4 is 6.03 Å². The van der Waals surface area contributed by atoms with Gasteiger partial charge in [-0.1, -0.05) is 18.0 Å². The Morgan fingerprint density at radius 2 is 2.00 bits per heavy atom. The number of piperidine rings is 1. The van der Waals surface area contributed by atoms with Crippen molar-refractivity contribution in [3.8, 4) is 0 Å². The van der Waals surface area contributed by atoms with E-state index >= 15 is 0 Å². The number of nitrogens with zero attached hydrogens (tertiary/aromatic N) is 3. The summed E-state index contributed by atoms with van der Waals surface area (Å²) in [5.74, 6) is 2.60. The highest BCUT2D eigenvalue weighted by molar-refractivity contribution is 5.74. The highest BCUT2D eigenvalue weighted by atomic mass is 16.5. The lowest BCUT2D eigenvalue weighted by Gasteiger charge is -2.33. The van der Waals surface area contributed by atoms with Gasteiger partial charge in [-0.15, -0.1) is 0 Å². The molecular weight excluding hydrogens is 292 g/mol. The molecule has 4 rings (SSSR count). The van der Waals surface area contributed by atoms with Gasteiger partial charge in [0.05, 0.1) is 0 Å². The second-order valence-electron chi connectivity index (χ2n) is 7.41. The molecule has 2 aliphatic carbocycles. The Bertz CT molecular complexity index is 549. The van der Waals surface area contributed by atoms with Crippen LogP contribution in [0.15, 0.2) is 4.52 Å². The van der Waals surface area contributed by atoms with E-state index < -0.39 is 0 Å². The average molecular weight is 318 g/mol. The molecule has 2 heterocycles. The molecule has 1 unspecified atom stereocenters. The zero-order valence-corrected chi connectivity index (χ0v) is 13.7. The summed E-state index contributed by atoms with van der Waals surface area (Å²) < 4.78 is 5.39. The van der Waals surface area contributed by atoms with Gasteiger partial charge in [0.1, 0.15) is 0 Å². The second-order valence-corrected chi connectivity index (χ2v) is 7.41. The van der Waals surface area contributed by atoms with Gasteiger partial charge >= 0.3 is 6.03 Å². The third kappa shape index (κ3) is 3.67. The zero-order chi connectivity index (χ0) is 15.6. The zero-order valence-electron chi connectivity index (χ0n) is 13.7. The SMILES string of the molecule is O=C(NC1CCCC1)N1CCCC(Cc2nc(C3CC3)no2)C1. The molecule has 0 aromatic carbocycles. The van der Waals surface area contributed by atoms with E-state index in [1.165, 1.54) is 25.7 Å². The van der Waals surface area contributed by atoms with E-state index in [0.717, 1.165) is 56.9 Å². The summed E-state index contributed by atoms with van der Waals surface area (Å²) in [5, 5.41) is 7.28. The molecule has 3 fully saturated rings. The fraction of sp³-hybridized carbons (Fsp3) is 0.824. The van der Waals surface area contributed by atoms with Gasteiger partial charge in [-0.3, -0.25) is 0 Å². The van der Waals surface area contributed by atoms with Gasteiger partial charge in [-0.25, -0.2) is 4.79 Å². The average Bonchev–Trinajstić information content (AvgIpc) is 3.09. The quantitative estimate of drug-likeness (QED) is 0.926. The molecular formula is C17H26N4O2. The van der Waals surface area contributed by atoms with Crippen molar-refractivity contribution in [2.75, 3.05) is 13.1 Å². The van der Waals surface area contributed by atoms with Crippen LogP contribution in [0.3, 0.4) is 0 Å². The van der Waals surface area contributed by atoms with Crippen LogP contribution in [0.2, 0.25) is 0 Å². The number of nitrogens with one attached hydrogen (secondary N) is 1. The lowest BCUT2D eigenvalue weighted by molar-refractivity contribution is 0.158. The summed E-state index contributed by atoms with van der Waals surface area (Å²) >= 11 is 0. The summed E-state index contributed by atoms with van der Waals surface area (Å²) in [5.41, 5.74) is 0. The number of urea groups is 1. The van der Waals surface area contributed by atoms with Crippen LogP contribution in [0.4, 0.5) is 4.79 Å². The molecule has 126 valence electrons. The first kappa shape index (κ1) is 15.0. The number of carbonyl (C=O) groups is 1. The fourth-order valence-corrected chi connectivity index (χ4v) is 3.86. The standard InChI is InChI=1S/C17H26N4O2/c22-17(18-14-5-1-2-6-14)21-9-3-4-12(11-21)10-15-19-16(20-23-15)13-7-8-13/h12-14H,1-11H2,(H,18,22). The number of aromatic nitrogens is 2. The summed E-state index contributed by atoms with van der Waals surface area (Å²) in [6.07, 6.45) is 10.1. The van der Waals surface area contributed by atoms with Gasteiger partial charge in [0.15, 0.2) is 5.82 Å². The van der Waals surface area contributed by atoms with E-state index in [1.54, 1.807) is 0 Å². The molecule has 6 nitrogen and oxygen atoms in total. The molecule has 1 saturated heterocycles. The predicted molar refractivity (Wildman–Crippen MR) is 85.1 cm³/mol. The van der Waals surface area contributed by atoms with Crippen LogP contribution in [-0.4, -0.2) is 40.2 Å². The van der Waals surface area contributed by atoms with Crippen LogP contribution in [0, 0.1) is 5.92 Å². The lowest BCUT2D eigenvalue weighted by Crippen LogP contribution is -2.48. The van der Waals surface area contributed by atoms with E-state index in [2.05, 4.69) is 15.5 Å². The van der Waals surface area contributed by atoms with Crippen molar-refractivity contribution in [3.63, 3.8) is 0 Å². The summed E-state index contributed by atoms with van der Waals surface area (Å²) in [6.45, 7) is 1.67. The van der Waals surface area contributed by atoms with Crippen molar-refractivity contribution in [1.29, 1.82) is 0 Å². The summed E-state index contributed by atoms with van der Waals surface area (Å²) in [7, 11) is 0. The smallest absolute Gasteiger partial charge is 0.317 e. The number of amides is 2. The monoisotopic (exact) mass is 318 g/mol. The molecule has 0 radical (unpaired) electrons. The van der Waals surface area contributed by atoms with Crippen molar-refractivity contribution in [1.82, 2.24) is 20.4 Å². The maximum atomic E-state index is 12.4. The molecule has 2 amide bonds.